The maximum Gasteiger partial charge on any atom is 0.307 e. The molecule has 3 rings (SSSR count). The van der Waals surface area contributed by atoms with Crippen LogP contribution in [-0.2, 0) is 9.59 Å². The highest BCUT2D eigenvalue weighted by Gasteiger charge is 2.46. The molecule has 5 unspecified atom stereocenters. The van der Waals surface area contributed by atoms with Gasteiger partial charge in [0.15, 0.2) is 0 Å². The molecule has 5 atom stereocenters. The first kappa shape index (κ1) is 13.9. The SMILES string of the molecule is O=C(O)C1CCCCC1C(=O)N1CC2CCC(O)C2C1. The van der Waals surface area contributed by atoms with Gasteiger partial charge in [-0.1, -0.05) is 12.8 Å². The van der Waals surface area contributed by atoms with E-state index in [0.717, 1.165) is 25.7 Å². The van der Waals surface area contributed by atoms with Crippen LogP contribution in [0.1, 0.15) is 38.5 Å². The predicted molar refractivity (Wildman–Crippen MR) is 71.9 cm³/mol. The second-order valence-corrected chi connectivity index (χ2v) is 6.65. The minimum atomic E-state index is -0.831. The number of carbonyl (C=O) groups excluding carboxylic acids is 1. The molecule has 5 heteroatoms. The van der Waals surface area contributed by atoms with Crippen molar-refractivity contribution in [3.8, 4) is 0 Å². The zero-order valence-electron chi connectivity index (χ0n) is 11.7. The molecule has 0 bridgehead atoms. The molecule has 2 N–H and O–H groups in total. The first-order chi connectivity index (χ1) is 9.58. The lowest BCUT2D eigenvalue weighted by Crippen LogP contribution is -2.42. The van der Waals surface area contributed by atoms with Gasteiger partial charge in [-0.25, -0.2) is 0 Å². The fourth-order valence-electron chi connectivity index (χ4n) is 4.37. The third-order valence-corrected chi connectivity index (χ3v) is 5.53. The lowest BCUT2D eigenvalue weighted by atomic mass is 9.78. The van der Waals surface area contributed by atoms with Crippen molar-refractivity contribution in [2.24, 2.45) is 23.7 Å². The predicted octanol–water partition coefficient (Wildman–Crippen LogP) is 1.11. The van der Waals surface area contributed by atoms with E-state index >= 15 is 0 Å². The molecule has 5 nitrogen and oxygen atoms in total. The number of fused-ring (bicyclic) bond motifs is 1. The highest BCUT2D eigenvalue weighted by molar-refractivity contribution is 5.85. The average Bonchev–Trinajstić information content (AvgIpc) is 3.00. The molecule has 1 saturated heterocycles. The topological polar surface area (TPSA) is 77.8 Å². The van der Waals surface area contributed by atoms with Crippen LogP contribution >= 0.6 is 0 Å². The summed E-state index contributed by atoms with van der Waals surface area (Å²) < 4.78 is 0. The highest BCUT2D eigenvalue weighted by Crippen LogP contribution is 2.40. The maximum absolute atomic E-state index is 12.6. The fourth-order valence-corrected chi connectivity index (χ4v) is 4.37. The quantitative estimate of drug-likeness (QED) is 0.794. The Bertz CT molecular complexity index is 411. The van der Waals surface area contributed by atoms with Crippen LogP contribution in [0, 0.1) is 23.7 Å². The Hall–Kier alpha value is -1.10. The molecule has 112 valence electrons. The molecule has 0 aromatic carbocycles. The molecule has 3 aliphatic rings. The zero-order valence-corrected chi connectivity index (χ0v) is 11.7. The third kappa shape index (κ3) is 2.32. The number of likely N-dealkylation sites (tertiary alicyclic amines) is 1. The van der Waals surface area contributed by atoms with Crippen LogP contribution in [-0.4, -0.2) is 46.2 Å². The number of amides is 1. The van der Waals surface area contributed by atoms with Gasteiger partial charge in [0.05, 0.1) is 17.9 Å². The first-order valence-electron chi connectivity index (χ1n) is 7.77. The first-order valence-corrected chi connectivity index (χ1v) is 7.77. The number of aliphatic hydroxyl groups excluding tert-OH is 1. The van der Waals surface area contributed by atoms with E-state index in [-0.39, 0.29) is 23.8 Å². The van der Waals surface area contributed by atoms with Crippen molar-refractivity contribution in [1.29, 1.82) is 0 Å². The molecule has 0 radical (unpaired) electrons. The van der Waals surface area contributed by atoms with Gasteiger partial charge in [-0.05, 0) is 31.6 Å². The summed E-state index contributed by atoms with van der Waals surface area (Å²) in [6.45, 7) is 1.33. The number of aliphatic carboxylic acids is 1. The normalized spacial score (nSPS) is 40.6. The Labute approximate surface area is 119 Å². The highest BCUT2D eigenvalue weighted by atomic mass is 16.4. The number of rotatable bonds is 2. The van der Waals surface area contributed by atoms with Crippen molar-refractivity contribution in [3.05, 3.63) is 0 Å². The minimum absolute atomic E-state index is 0.0127. The lowest BCUT2D eigenvalue weighted by Gasteiger charge is -2.31. The molecular weight excluding hydrogens is 258 g/mol. The van der Waals surface area contributed by atoms with Gasteiger partial charge in [0, 0.05) is 19.0 Å². The lowest BCUT2D eigenvalue weighted by molar-refractivity contribution is -0.152. The number of hydrogen-bond acceptors (Lipinski definition) is 3. The monoisotopic (exact) mass is 281 g/mol. The van der Waals surface area contributed by atoms with Gasteiger partial charge in [0.25, 0.3) is 0 Å². The molecule has 2 aliphatic carbocycles. The largest absolute Gasteiger partial charge is 0.481 e. The number of nitrogens with zero attached hydrogens (tertiary/aromatic N) is 1. The minimum Gasteiger partial charge on any atom is -0.481 e. The van der Waals surface area contributed by atoms with Gasteiger partial charge in [-0.2, -0.15) is 0 Å². The van der Waals surface area contributed by atoms with E-state index in [2.05, 4.69) is 0 Å². The van der Waals surface area contributed by atoms with Gasteiger partial charge in [0.1, 0.15) is 0 Å². The number of carboxylic acids is 1. The summed E-state index contributed by atoms with van der Waals surface area (Å²) in [6.07, 6.45) is 4.73. The molecule has 1 heterocycles. The summed E-state index contributed by atoms with van der Waals surface area (Å²) in [5.74, 6) is -1.05. The Balaban J connectivity index is 1.68. The molecule has 2 saturated carbocycles. The van der Waals surface area contributed by atoms with Crippen LogP contribution in [0.15, 0.2) is 0 Å². The van der Waals surface area contributed by atoms with Gasteiger partial charge >= 0.3 is 5.97 Å². The molecule has 1 aliphatic heterocycles. The van der Waals surface area contributed by atoms with Crippen LogP contribution in [0.5, 0.6) is 0 Å². The standard InChI is InChI=1S/C15H23NO4/c17-13-6-5-9-7-16(8-12(9)13)14(18)10-3-1-2-4-11(10)15(19)20/h9-13,17H,1-8H2,(H,19,20). The molecule has 0 spiro atoms. The molecular formula is C15H23NO4. The van der Waals surface area contributed by atoms with E-state index in [4.69, 9.17) is 0 Å². The Kier molecular flexibility index (Phi) is 3.71. The second kappa shape index (κ2) is 5.35. The van der Waals surface area contributed by atoms with E-state index in [1.807, 2.05) is 4.90 Å². The summed E-state index contributed by atoms with van der Waals surface area (Å²) in [7, 11) is 0. The summed E-state index contributed by atoms with van der Waals surface area (Å²) in [5.41, 5.74) is 0. The Morgan fingerprint density at radius 2 is 1.65 bits per heavy atom. The average molecular weight is 281 g/mol. The zero-order chi connectivity index (χ0) is 14.3. The van der Waals surface area contributed by atoms with Gasteiger partial charge < -0.3 is 15.1 Å². The van der Waals surface area contributed by atoms with Crippen LogP contribution in [0.2, 0.25) is 0 Å². The summed E-state index contributed by atoms with van der Waals surface area (Å²) in [5, 5.41) is 19.2. The van der Waals surface area contributed by atoms with Crippen LogP contribution in [0.25, 0.3) is 0 Å². The number of hydrogen-bond donors (Lipinski definition) is 2. The van der Waals surface area contributed by atoms with Crippen molar-refractivity contribution < 1.29 is 19.8 Å². The van der Waals surface area contributed by atoms with Crippen LogP contribution in [0.3, 0.4) is 0 Å². The van der Waals surface area contributed by atoms with E-state index in [9.17, 15) is 19.8 Å². The van der Waals surface area contributed by atoms with Gasteiger partial charge in [-0.3, -0.25) is 9.59 Å². The smallest absolute Gasteiger partial charge is 0.307 e. The van der Waals surface area contributed by atoms with Crippen molar-refractivity contribution in [2.45, 2.75) is 44.6 Å². The van der Waals surface area contributed by atoms with E-state index in [0.29, 0.717) is 31.8 Å². The summed E-state index contributed by atoms with van der Waals surface area (Å²) in [4.78, 5) is 25.8. The Morgan fingerprint density at radius 1 is 0.950 bits per heavy atom. The van der Waals surface area contributed by atoms with Crippen molar-refractivity contribution in [3.63, 3.8) is 0 Å². The van der Waals surface area contributed by atoms with Crippen molar-refractivity contribution in [1.82, 2.24) is 4.90 Å². The fraction of sp³-hybridized carbons (Fsp3) is 0.867. The van der Waals surface area contributed by atoms with E-state index in [1.165, 1.54) is 0 Å². The Morgan fingerprint density at radius 3 is 2.30 bits per heavy atom. The van der Waals surface area contributed by atoms with Gasteiger partial charge in [-0.15, -0.1) is 0 Å². The number of carboxylic acid groups (broad SMARTS) is 1. The molecule has 20 heavy (non-hydrogen) atoms. The van der Waals surface area contributed by atoms with Crippen molar-refractivity contribution >= 4 is 11.9 Å². The molecule has 1 amide bonds. The van der Waals surface area contributed by atoms with Crippen molar-refractivity contribution in [2.75, 3.05) is 13.1 Å². The second-order valence-electron chi connectivity index (χ2n) is 6.65. The molecule has 3 fully saturated rings. The number of aliphatic hydroxyl groups is 1. The van der Waals surface area contributed by atoms with Crippen LogP contribution in [0.4, 0.5) is 0 Å². The molecule has 0 aromatic heterocycles. The molecule has 0 aromatic rings. The third-order valence-electron chi connectivity index (χ3n) is 5.53. The summed E-state index contributed by atoms with van der Waals surface area (Å²) >= 11 is 0. The number of carbonyl (C=O) groups is 2. The van der Waals surface area contributed by atoms with E-state index < -0.39 is 11.9 Å². The van der Waals surface area contributed by atoms with E-state index in [1.54, 1.807) is 0 Å². The van der Waals surface area contributed by atoms with Gasteiger partial charge in [0.2, 0.25) is 5.91 Å². The van der Waals surface area contributed by atoms with Crippen LogP contribution < -0.4 is 0 Å². The maximum atomic E-state index is 12.6. The summed E-state index contributed by atoms with van der Waals surface area (Å²) in [6, 6.07) is 0.